The van der Waals surface area contributed by atoms with Gasteiger partial charge in [-0.05, 0) is 24.1 Å². The minimum atomic E-state index is -0.626. The number of nitrogens with one attached hydrogen (secondary N) is 1. The highest BCUT2D eigenvalue weighted by Gasteiger charge is 2.20. The van der Waals surface area contributed by atoms with Crippen LogP contribution in [-0.4, -0.2) is 11.9 Å². The molecule has 0 saturated carbocycles. The van der Waals surface area contributed by atoms with Crippen molar-refractivity contribution < 1.29 is 9.18 Å². The molecule has 5 heteroatoms. The molecule has 1 aromatic carbocycles. The normalized spacial score (nSPS) is 14.2. The van der Waals surface area contributed by atoms with E-state index in [9.17, 15) is 9.18 Å². The molecule has 17 heavy (non-hydrogen) atoms. The molecule has 3 N–H and O–H groups in total. The second-order valence-electron chi connectivity index (χ2n) is 4.02. The number of halogens is 2. The second kappa shape index (κ2) is 5.98. The summed E-state index contributed by atoms with van der Waals surface area (Å²) in [5.74, 6) is -0.754. The van der Waals surface area contributed by atoms with Gasteiger partial charge in [0.1, 0.15) is 5.82 Å². The molecule has 0 spiro atoms. The third-order valence-electron chi connectivity index (χ3n) is 2.75. The summed E-state index contributed by atoms with van der Waals surface area (Å²) in [6, 6.07) is 3.16. The van der Waals surface area contributed by atoms with Crippen LogP contribution in [0.5, 0.6) is 0 Å². The first kappa shape index (κ1) is 13.9. The molecule has 0 aliphatic carbocycles. The monoisotopic (exact) mass is 258 g/mol. The lowest BCUT2D eigenvalue weighted by Crippen LogP contribution is -2.40. The maximum absolute atomic E-state index is 13.0. The number of anilines is 1. The van der Waals surface area contributed by atoms with Crippen molar-refractivity contribution in [1.29, 1.82) is 0 Å². The van der Waals surface area contributed by atoms with Crippen molar-refractivity contribution in [2.75, 3.05) is 5.32 Å². The SMILES string of the molecule is CC[C@H](C)[C@H](N)C(=O)Nc1cc(F)ccc1Cl. The second-order valence-corrected chi connectivity index (χ2v) is 4.43. The van der Waals surface area contributed by atoms with Crippen LogP contribution >= 0.6 is 11.6 Å². The summed E-state index contributed by atoms with van der Waals surface area (Å²) in [4.78, 5) is 11.8. The maximum Gasteiger partial charge on any atom is 0.241 e. The molecule has 0 radical (unpaired) electrons. The number of amides is 1. The highest BCUT2D eigenvalue weighted by Crippen LogP contribution is 2.22. The van der Waals surface area contributed by atoms with Crippen LogP contribution < -0.4 is 11.1 Å². The Bertz CT molecular complexity index is 411. The van der Waals surface area contributed by atoms with Crippen LogP contribution in [0.2, 0.25) is 5.02 Å². The Morgan fingerprint density at radius 3 is 2.82 bits per heavy atom. The topological polar surface area (TPSA) is 55.1 Å². The van der Waals surface area contributed by atoms with Gasteiger partial charge in [0.2, 0.25) is 5.91 Å². The molecule has 0 heterocycles. The molecule has 0 fully saturated rings. The molecule has 0 aromatic heterocycles. The van der Waals surface area contributed by atoms with E-state index in [0.717, 1.165) is 6.42 Å². The predicted octanol–water partition coefficient (Wildman–Crippen LogP) is 2.79. The summed E-state index contributed by atoms with van der Waals surface area (Å²) >= 11 is 5.84. The van der Waals surface area contributed by atoms with E-state index in [-0.39, 0.29) is 22.5 Å². The lowest BCUT2D eigenvalue weighted by molar-refractivity contribution is -0.118. The maximum atomic E-state index is 13.0. The van der Waals surface area contributed by atoms with Crippen LogP contribution in [-0.2, 0) is 4.79 Å². The average Bonchev–Trinajstić information content (AvgIpc) is 2.31. The Morgan fingerprint density at radius 2 is 2.24 bits per heavy atom. The number of nitrogens with two attached hydrogens (primary N) is 1. The van der Waals surface area contributed by atoms with Crippen molar-refractivity contribution in [2.24, 2.45) is 11.7 Å². The van der Waals surface area contributed by atoms with Crippen LogP contribution in [0.3, 0.4) is 0 Å². The summed E-state index contributed by atoms with van der Waals surface area (Å²) in [6.45, 7) is 3.84. The van der Waals surface area contributed by atoms with Gasteiger partial charge in [0, 0.05) is 0 Å². The highest BCUT2D eigenvalue weighted by atomic mass is 35.5. The van der Waals surface area contributed by atoms with E-state index in [1.54, 1.807) is 0 Å². The Kier molecular flexibility index (Phi) is 4.90. The van der Waals surface area contributed by atoms with Crippen LogP contribution in [0.1, 0.15) is 20.3 Å². The average molecular weight is 259 g/mol. The molecule has 0 aliphatic rings. The number of rotatable bonds is 4. The molecule has 94 valence electrons. The van der Waals surface area contributed by atoms with E-state index >= 15 is 0 Å². The molecular formula is C12H16ClFN2O. The largest absolute Gasteiger partial charge is 0.323 e. The molecular weight excluding hydrogens is 243 g/mol. The van der Waals surface area contributed by atoms with Crippen molar-refractivity contribution in [1.82, 2.24) is 0 Å². The fourth-order valence-corrected chi connectivity index (χ4v) is 1.49. The van der Waals surface area contributed by atoms with E-state index in [4.69, 9.17) is 17.3 Å². The fourth-order valence-electron chi connectivity index (χ4n) is 1.32. The number of benzene rings is 1. The van der Waals surface area contributed by atoms with E-state index in [1.165, 1.54) is 18.2 Å². The van der Waals surface area contributed by atoms with Gasteiger partial charge in [-0.15, -0.1) is 0 Å². The zero-order valence-corrected chi connectivity index (χ0v) is 10.6. The van der Waals surface area contributed by atoms with E-state index in [0.29, 0.717) is 0 Å². The zero-order valence-electron chi connectivity index (χ0n) is 9.84. The first-order valence-corrected chi connectivity index (χ1v) is 5.85. The fraction of sp³-hybridized carbons (Fsp3) is 0.417. The highest BCUT2D eigenvalue weighted by molar-refractivity contribution is 6.33. The molecule has 2 atom stereocenters. The first-order chi connectivity index (χ1) is 7.95. The van der Waals surface area contributed by atoms with Crippen LogP contribution in [0, 0.1) is 11.7 Å². The first-order valence-electron chi connectivity index (χ1n) is 5.47. The summed E-state index contributed by atoms with van der Waals surface area (Å²) in [6.07, 6.45) is 0.797. The lowest BCUT2D eigenvalue weighted by atomic mass is 9.99. The van der Waals surface area contributed by atoms with E-state index in [1.807, 2.05) is 13.8 Å². The lowest BCUT2D eigenvalue weighted by Gasteiger charge is -2.18. The zero-order chi connectivity index (χ0) is 13.0. The van der Waals surface area contributed by atoms with Crippen molar-refractivity contribution in [3.05, 3.63) is 29.0 Å². The van der Waals surface area contributed by atoms with Gasteiger partial charge in [-0.2, -0.15) is 0 Å². The molecule has 0 saturated heterocycles. The summed E-state index contributed by atoms with van der Waals surface area (Å²) in [7, 11) is 0. The third kappa shape index (κ3) is 3.68. The smallest absolute Gasteiger partial charge is 0.241 e. The van der Waals surface area contributed by atoms with Gasteiger partial charge in [0.05, 0.1) is 16.8 Å². The van der Waals surface area contributed by atoms with Crippen LogP contribution in [0.25, 0.3) is 0 Å². The van der Waals surface area contributed by atoms with Crippen LogP contribution in [0.4, 0.5) is 10.1 Å². The Balaban J connectivity index is 2.77. The third-order valence-corrected chi connectivity index (χ3v) is 3.08. The molecule has 0 bridgehead atoms. The van der Waals surface area contributed by atoms with Gasteiger partial charge in [-0.3, -0.25) is 4.79 Å². The Labute approximate surface area is 105 Å². The van der Waals surface area contributed by atoms with Crippen molar-refractivity contribution >= 4 is 23.2 Å². The number of hydrogen-bond donors (Lipinski definition) is 2. The summed E-state index contributed by atoms with van der Waals surface area (Å²) < 4.78 is 13.0. The Morgan fingerprint density at radius 1 is 1.59 bits per heavy atom. The van der Waals surface area contributed by atoms with Crippen LogP contribution in [0.15, 0.2) is 18.2 Å². The molecule has 1 rings (SSSR count). The van der Waals surface area contributed by atoms with Gasteiger partial charge < -0.3 is 11.1 Å². The summed E-state index contributed by atoms with van der Waals surface area (Å²) in [5, 5.41) is 2.82. The number of hydrogen-bond acceptors (Lipinski definition) is 2. The molecule has 1 aromatic rings. The van der Waals surface area contributed by atoms with Crippen molar-refractivity contribution in [2.45, 2.75) is 26.3 Å². The number of carbonyl (C=O) groups excluding carboxylic acids is 1. The summed E-state index contributed by atoms with van der Waals surface area (Å²) in [5.41, 5.74) is 6.00. The molecule has 0 unspecified atom stereocenters. The molecule has 3 nitrogen and oxygen atoms in total. The van der Waals surface area contributed by atoms with Crippen molar-refractivity contribution in [3.8, 4) is 0 Å². The standard InChI is InChI=1S/C12H16ClFN2O/c1-3-7(2)11(15)12(17)16-10-6-8(14)4-5-9(10)13/h4-7,11H,3,15H2,1-2H3,(H,16,17)/t7-,11-/m0/s1. The van der Waals surface area contributed by atoms with Gasteiger partial charge in [-0.25, -0.2) is 4.39 Å². The molecule has 1 amide bonds. The predicted molar refractivity (Wildman–Crippen MR) is 67.5 cm³/mol. The minimum absolute atomic E-state index is 0.0577. The minimum Gasteiger partial charge on any atom is -0.323 e. The van der Waals surface area contributed by atoms with Crippen molar-refractivity contribution in [3.63, 3.8) is 0 Å². The quantitative estimate of drug-likeness (QED) is 0.873. The van der Waals surface area contributed by atoms with E-state index in [2.05, 4.69) is 5.32 Å². The number of carbonyl (C=O) groups is 1. The van der Waals surface area contributed by atoms with Gasteiger partial charge >= 0.3 is 0 Å². The van der Waals surface area contributed by atoms with E-state index < -0.39 is 11.9 Å². The van der Waals surface area contributed by atoms with Gasteiger partial charge in [-0.1, -0.05) is 31.9 Å². The molecule has 0 aliphatic heterocycles. The van der Waals surface area contributed by atoms with Gasteiger partial charge in [0.25, 0.3) is 0 Å². The Hall–Kier alpha value is -1.13. The van der Waals surface area contributed by atoms with Gasteiger partial charge in [0.15, 0.2) is 0 Å².